The Hall–Kier alpha value is -1.71. The number of carbonyl (C=O) groups is 1. The smallest absolute Gasteiger partial charge is 0.317 e. The minimum absolute atomic E-state index is 0.0821. The number of nitrogens with one attached hydrogen (secondary N) is 1. The normalized spacial score (nSPS) is 16.9. The molecular formula is C16H25N3O. The minimum Gasteiger partial charge on any atom is -0.368 e. The van der Waals surface area contributed by atoms with Crippen LogP contribution in [0.1, 0.15) is 26.7 Å². The fraction of sp³-hybridized carbons (Fsp3) is 0.562. The van der Waals surface area contributed by atoms with Gasteiger partial charge < -0.3 is 15.1 Å². The molecule has 0 spiro atoms. The van der Waals surface area contributed by atoms with Crippen LogP contribution in [0.5, 0.6) is 0 Å². The maximum absolute atomic E-state index is 12.1. The molecule has 4 heteroatoms. The lowest BCUT2D eigenvalue weighted by Crippen LogP contribution is -2.53. The van der Waals surface area contributed by atoms with Gasteiger partial charge >= 0.3 is 6.03 Å². The third-order valence-corrected chi connectivity index (χ3v) is 3.78. The van der Waals surface area contributed by atoms with E-state index >= 15 is 0 Å². The van der Waals surface area contributed by atoms with Crippen LogP contribution < -0.4 is 10.2 Å². The Kier molecular flexibility index (Phi) is 5.27. The summed E-state index contributed by atoms with van der Waals surface area (Å²) in [5.74, 6) is 0. The topological polar surface area (TPSA) is 35.6 Å². The Bertz CT molecular complexity index is 413. The molecule has 1 N–H and O–H groups in total. The van der Waals surface area contributed by atoms with Gasteiger partial charge in [0.2, 0.25) is 0 Å². The van der Waals surface area contributed by atoms with Crippen LogP contribution in [0.2, 0.25) is 0 Å². The number of piperazine rings is 1. The summed E-state index contributed by atoms with van der Waals surface area (Å²) in [6.07, 6.45) is 2.14. The molecule has 1 heterocycles. The summed E-state index contributed by atoms with van der Waals surface area (Å²) in [7, 11) is 0. The van der Waals surface area contributed by atoms with Gasteiger partial charge in [0, 0.05) is 37.9 Å². The van der Waals surface area contributed by atoms with Crippen molar-refractivity contribution in [3.8, 4) is 0 Å². The van der Waals surface area contributed by atoms with E-state index in [2.05, 4.69) is 48.3 Å². The Labute approximate surface area is 121 Å². The summed E-state index contributed by atoms with van der Waals surface area (Å²) < 4.78 is 0. The zero-order valence-corrected chi connectivity index (χ0v) is 12.5. The molecule has 1 aliphatic rings. The zero-order chi connectivity index (χ0) is 14.4. The van der Waals surface area contributed by atoms with Crippen LogP contribution in [0.4, 0.5) is 10.5 Å². The van der Waals surface area contributed by atoms with Gasteiger partial charge in [0.05, 0.1) is 0 Å². The Morgan fingerprint density at radius 1 is 1.20 bits per heavy atom. The molecule has 0 saturated carbocycles. The molecule has 1 unspecified atom stereocenters. The van der Waals surface area contributed by atoms with E-state index in [1.54, 1.807) is 0 Å². The van der Waals surface area contributed by atoms with E-state index in [1.165, 1.54) is 5.69 Å². The van der Waals surface area contributed by atoms with Gasteiger partial charge in [0.25, 0.3) is 0 Å². The van der Waals surface area contributed by atoms with E-state index in [1.807, 2.05) is 11.0 Å². The Morgan fingerprint density at radius 3 is 2.45 bits per heavy atom. The van der Waals surface area contributed by atoms with E-state index in [-0.39, 0.29) is 12.1 Å². The monoisotopic (exact) mass is 275 g/mol. The second kappa shape index (κ2) is 7.17. The summed E-state index contributed by atoms with van der Waals surface area (Å²) in [6.45, 7) is 7.60. The number of hydrogen-bond acceptors (Lipinski definition) is 2. The standard InChI is InChI=1S/C16H25N3O/c1-3-7-14(2)17-16(20)19-12-10-18(11-13-19)15-8-5-4-6-9-15/h4-6,8-9,14H,3,7,10-13H2,1-2H3,(H,17,20). The highest BCUT2D eigenvalue weighted by molar-refractivity contribution is 5.74. The molecular weight excluding hydrogens is 250 g/mol. The number of benzene rings is 1. The first-order chi connectivity index (χ1) is 9.70. The van der Waals surface area contributed by atoms with E-state index in [9.17, 15) is 4.79 Å². The summed E-state index contributed by atoms with van der Waals surface area (Å²) in [5.41, 5.74) is 1.24. The number of hydrogen-bond donors (Lipinski definition) is 1. The average molecular weight is 275 g/mol. The third kappa shape index (κ3) is 3.89. The number of nitrogens with zero attached hydrogens (tertiary/aromatic N) is 2. The predicted octanol–water partition coefficient (Wildman–Crippen LogP) is 2.71. The largest absolute Gasteiger partial charge is 0.368 e. The van der Waals surface area contributed by atoms with E-state index in [0.717, 1.165) is 39.0 Å². The second-order valence-corrected chi connectivity index (χ2v) is 5.45. The molecule has 0 bridgehead atoms. The second-order valence-electron chi connectivity index (χ2n) is 5.45. The number of amides is 2. The lowest BCUT2D eigenvalue weighted by atomic mass is 10.2. The lowest BCUT2D eigenvalue weighted by molar-refractivity contribution is 0.190. The maximum Gasteiger partial charge on any atom is 0.317 e. The molecule has 0 aliphatic carbocycles. The molecule has 1 aromatic carbocycles. The van der Waals surface area contributed by atoms with Gasteiger partial charge in [-0.2, -0.15) is 0 Å². The van der Waals surface area contributed by atoms with Crippen molar-refractivity contribution in [1.82, 2.24) is 10.2 Å². The lowest BCUT2D eigenvalue weighted by Gasteiger charge is -2.36. The van der Waals surface area contributed by atoms with Crippen molar-refractivity contribution in [1.29, 1.82) is 0 Å². The molecule has 1 atom stereocenters. The SMILES string of the molecule is CCCC(C)NC(=O)N1CCN(c2ccccc2)CC1. The highest BCUT2D eigenvalue weighted by Gasteiger charge is 2.21. The molecule has 1 aromatic rings. The van der Waals surface area contributed by atoms with Crippen molar-refractivity contribution >= 4 is 11.7 Å². The zero-order valence-electron chi connectivity index (χ0n) is 12.5. The van der Waals surface area contributed by atoms with Crippen LogP contribution in [-0.4, -0.2) is 43.2 Å². The van der Waals surface area contributed by atoms with Gasteiger partial charge in [0.1, 0.15) is 0 Å². The molecule has 1 aliphatic heterocycles. The number of urea groups is 1. The van der Waals surface area contributed by atoms with Gasteiger partial charge in [-0.05, 0) is 25.5 Å². The molecule has 1 saturated heterocycles. The molecule has 2 amide bonds. The molecule has 0 radical (unpaired) electrons. The van der Waals surface area contributed by atoms with Gasteiger partial charge in [-0.25, -0.2) is 4.79 Å². The van der Waals surface area contributed by atoms with Gasteiger partial charge in [-0.1, -0.05) is 31.5 Å². The fourth-order valence-corrected chi connectivity index (χ4v) is 2.61. The summed E-state index contributed by atoms with van der Waals surface area (Å²) in [5, 5.41) is 3.07. The Balaban J connectivity index is 1.80. The van der Waals surface area contributed by atoms with E-state index < -0.39 is 0 Å². The fourth-order valence-electron chi connectivity index (χ4n) is 2.61. The van der Waals surface area contributed by atoms with Gasteiger partial charge in [-0.15, -0.1) is 0 Å². The summed E-state index contributed by atoms with van der Waals surface area (Å²) >= 11 is 0. The molecule has 4 nitrogen and oxygen atoms in total. The van der Waals surface area contributed by atoms with Crippen molar-refractivity contribution in [3.05, 3.63) is 30.3 Å². The molecule has 20 heavy (non-hydrogen) atoms. The first kappa shape index (κ1) is 14.7. The maximum atomic E-state index is 12.1. The first-order valence-corrected chi connectivity index (χ1v) is 7.56. The average Bonchev–Trinajstić information content (AvgIpc) is 2.48. The Morgan fingerprint density at radius 2 is 1.85 bits per heavy atom. The first-order valence-electron chi connectivity index (χ1n) is 7.56. The number of rotatable bonds is 4. The minimum atomic E-state index is 0.0821. The van der Waals surface area contributed by atoms with Crippen molar-refractivity contribution < 1.29 is 4.79 Å². The molecule has 1 fully saturated rings. The van der Waals surface area contributed by atoms with E-state index in [0.29, 0.717) is 0 Å². The van der Waals surface area contributed by atoms with Gasteiger partial charge in [0.15, 0.2) is 0 Å². The third-order valence-electron chi connectivity index (χ3n) is 3.78. The van der Waals surface area contributed by atoms with Crippen LogP contribution in [-0.2, 0) is 0 Å². The number of para-hydroxylation sites is 1. The van der Waals surface area contributed by atoms with Crippen molar-refractivity contribution in [2.75, 3.05) is 31.1 Å². The van der Waals surface area contributed by atoms with Crippen molar-refractivity contribution in [3.63, 3.8) is 0 Å². The number of anilines is 1. The van der Waals surface area contributed by atoms with E-state index in [4.69, 9.17) is 0 Å². The highest BCUT2D eigenvalue weighted by Crippen LogP contribution is 2.15. The van der Waals surface area contributed by atoms with Crippen LogP contribution in [0.15, 0.2) is 30.3 Å². The highest BCUT2D eigenvalue weighted by atomic mass is 16.2. The van der Waals surface area contributed by atoms with Crippen LogP contribution in [0.3, 0.4) is 0 Å². The molecule has 0 aromatic heterocycles. The quantitative estimate of drug-likeness (QED) is 0.917. The van der Waals surface area contributed by atoms with Crippen molar-refractivity contribution in [2.24, 2.45) is 0 Å². The summed E-state index contributed by atoms with van der Waals surface area (Å²) in [6, 6.07) is 10.7. The van der Waals surface area contributed by atoms with Crippen LogP contribution >= 0.6 is 0 Å². The predicted molar refractivity (Wildman–Crippen MR) is 83.1 cm³/mol. The number of carbonyl (C=O) groups excluding carboxylic acids is 1. The van der Waals surface area contributed by atoms with Gasteiger partial charge in [-0.3, -0.25) is 0 Å². The van der Waals surface area contributed by atoms with Crippen molar-refractivity contribution in [2.45, 2.75) is 32.7 Å². The summed E-state index contributed by atoms with van der Waals surface area (Å²) in [4.78, 5) is 16.4. The van der Waals surface area contributed by atoms with Crippen LogP contribution in [0, 0.1) is 0 Å². The van der Waals surface area contributed by atoms with Crippen LogP contribution in [0.25, 0.3) is 0 Å². The molecule has 2 rings (SSSR count). The molecule has 110 valence electrons.